The van der Waals surface area contributed by atoms with Crippen LogP contribution in [0.5, 0.6) is 0 Å². The Hall–Kier alpha value is -5.11. The molecular weight excluding hydrogens is 561 g/mol. The van der Waals surface area contributed by atoms with E-state index in [9.17, 15) is 18.0 Å². The molecule has 3 aromatic heterocycles. The van der Waals surface area contributed by atoms with Crippen molar-refractivity contribution in [2.75, 3.05) is 55.3 Å². The first-order chi connectivity index (χ1) is 20.7. The van der Waals surface area contributed by atoms with Crippen LogP contribution in [0.15, 0.2) is 73.7 Å². The molecule has 1 amide bonds. The van der Waals surface area contributed by atoms with Crippen LogP contribution in [0.1, 0.15) is 15.9 Å². The van der Waals surface area contributed by atoms with E-state index in [0.29, 0.717) is 12.4 Å². The first-order valence-corrected chi connectivity index (χ1v) is 13.4. The van der Waals surface area contributed by atoms with Gasteiger partial charge in [0.1, 0.15) is 22.9 Å². The van der Waals surface area contributed by atoms with Gasteiger partial charge in [0.05, 0.1) is 5.56 Å². The summed E-state index contributed by atoms with van der Waals surface area (Å²) in [6, 6.07) is 12.7. The standard InChI is InChI=1S/C29H29F3N10O/c1-3-11-33-27(43)22-18-36-28(37-20-7-9-21(10-8-20)42-14-12-41(2)13-15-42)40-25(22)39-24-6-4-5-23(38-24)26-34-16-19(17-35-26)29(30,31)32/h3-10,16-18H,1,11-15H2,2H3,(H,33,43)(H2,36,37,38,39,40). The maximum atomic E-state index is 12.9. The number of anilines is 5. The molecule has 0 atom stereocenters. The molecule has 1 fully saturated rings. The summed E-state index contributed by atoms with van der Waals surface area (Å²) in [6.45, 7) is 7.77. The fraction of sp³-hybridized carbons (Fsp3) is 0.241. The number of carbonyl (C=O) groups is 1. The first kappa shape index (κ1) is 29.4. The smallest absolute Gasteiger partial charge is 0.369 e. The number of alkyl halides is 3. The number of likely N-dealkylation sites (N-methyl/N-ethyl adjacent to an activating group) is 1. The molecule has 1 aromatic carbocycles. The Labute approximate surface area is 245 Å². The van der Waals surface area contributed by atoms with E-state index in [-0.39, 0.29) is 41.2 Å². The predicted octanol–water partition coefficient (Wildman–Crippen LogP) is 4.50. The van der Waals surface area contributed by atoms with Crippen molar-refractivity contribution in [3.8, 4) is 11.5 Å². The van der Waals surface area contributed by atoms with E-state index < -0.39 is 17.6 Å². The van der Waals surface area contributed by atoms with Gasteiger partial charge in [-0.2, -0.15) is 18.2 Å². The van der Waals surface area contributed by atoms with E-state index >= 15 is 0 Å². The highest BCUT2D eigenvalue weighted by molar-refractivity contribution is 5.99. The number of amides is 1. The average Bonchev–Trinajstić information content (AvgIpc) is 3.01. The highest BCUT2D eigenvalue weighted by Gasteiger charge is 2.31. The fourth-order valence-corrected chi connectivity index (χ4v) is 4.27. The zero-order valence-electron chi connectivity index (χ0n) is 23.3. The summed E-state index contributed by atoms with van der Waals surface area (Å²) in [5.41, 5.74) is 1.29. The van der Waals surface area contributed by atoms with Crippen LogP contribution in [-0.4, -0.2) is 75.5 Å². The molecule has 4 heterocycles. The van der Waals surface area contributed by atoms with Gasteiger partial charge >= 0.3 is 6.18 Å². The maximum Gasteiger partial charge on any atom is 0.419 e. The molecule has 11 nitrogen and oxygen atoms in total. The van der Waals surface area contributed by atoms with Crippen molar-refractivity contribution >= 4 is 34.9 Å². The Kier molecular flexibility index (Phi) is 8.76. The second kappa shape index (κ2) is 12.8. The summed E-state index contributed by atoms with van der Waals surface area (Å²) in [4.78, 5) is 38.4. The Morgan fingerprint density at radius 2 is 1.67 bits per heavy atom. The molecule has 0 bridgehead atoms. The minimum absolute atomic E-state index is 0.00524. The number of halogens is 3. The van der Waals surface area contributed by atoms with Crippen LogP contribution in [0.4, 0.5) is 42.1 Å². The molecule has 222 valence electrons. The van der Waals surface area contributed by atoms with Gasteiger partial charge in [-0.3, -0.25) is 4.79 Å². The SMILES string of the molecule is C=CCNC(=O)c1cnc(Nc2ccc(N3CCN(C)CC3)cc2)nc1Nc1cccc(-c2ncc(C(F)(F)F)cn2)n1. The lowest BCUT2D eigenvalue weighted by Crippen LogP contribution is -2.44. The lowest BCUT2D eigenvalue weighted by Gasteiger charge is -2.34. The molecule has 0 unspecified atom stereocenters. The van der Waals surface area contributed by atoms with Gasteiger partial charge in [0.15, 0.2) is 5.82 Å². The van der Waals surface area contributed by atoms with Crippen LogP contribution >= 0.6 is 0 Å². The molecule has 43 heavy (non-hydrogen) atoms. The molecule has 4 aromatic rings. The summed E-state index contributed by atoms with van der Waals surface area (Å²) in [7, 11) is 2.11. The highest BCUT2D eigenvalue weighted by Crippen LogP contribution is 2.29. The van der Waals surface area contributed by atoms with Crippen molar-refractivity contribution in [1.29, 1.82) is 0 Å². The Balaban J connectivity index is 1.37. The van der Waals surface area contributed by atoms with Gasteiger partial charge in [-0.15, -0.1) is 6.58 Å². The van der Waals surface area contributed by atoms with Crippen molar-refractivity contribution in [3.63, 3.8) is 0 Å². The third kappa shape index (κ3) is 7.40. The van der Waals surface area contributed by atoms with Crippen LogP contribution in [-0.2, 0) is 6.18 Å². The fourth-order valence-electron chi connectivity index (χ4n) is 4.27. The van der Waals surface area contributed by atoms with E-state index in [1.165, 1.54) is 6.20 Å². The van der Waals surface area contributed by atoms with Crippen molar-refractivity contribution < 1.29 is 18.0 Å². The second-order valence-corrected chi connectivity index (χ2v) is 9.74. The summed E-state index contributed by atoms with van der Waals surface area (Å²) >= 11 is 0. The van der Waals surface area contributed by atoms with Crippen molar-refractivity contribution in [3.05, 3.63) is 84.8 Å². The second-order valence-electron chi connectivity index (χ2n) is 9.74. The van der Waals surface area contributed by atoms with Crippen molar-refractivity contribution in [2.45, 2.75) is 6.18 Å². The van der Waals surface area contributed by atoms with E-state index in [4.69, 9.17) is 0 Å². The summed E-state index contributed by atoms with van der Waals surface area (Å²) < 4.78 is 38.8. The largest absolute Gasteiger partial charge is 0.419 e. The van der Waals surface area contributed by atoms with E-state index in [2.05, 4.69) is 64.3 Å². The van der Waals surface area contributed by atoms with Crippen molar-refractivity contribution in [1.82, 2.24) is 35.1 Å². The van der Waals surface area contributed by atoms with Crippen LogP contribution in [0.25, 0.3) is 11.5 Å². The van der Waals surface area contributed by atoms with E-state index in [1.807, 2.05) is 24.3 Å². The lowest BCUT2D eigenvalue weighted by molar-refractivity contribution is -0.138. The molecule has 1 saturated heterocycles. The van der Waals surface area contributed by atoms with Gasteiger partial charge in [0.25, 0.3) is 5.91 Å². The number of hydrogen-bond donors (Lipinski definition) is 3. The van der Waals surface area contributed by atoms with E-state index in [1.54, 1.807) is 24.3 Å². The van der Waals surface area contributed by atoms with Gasteiger partial charge in [-0.1, -0.05) is 12.1 Å². The zero-order chi connectivity index (χ0) is 30.4. The molecule has 14 heteroatoms. The van der Waals surface area contributed by atoms with Crippen LogP contribution < -0.4 is 20.9 Å². The van der Waals surface area contributed by atoms with Gasteiger partial charge in [0, 0.05) is 62.7 Å². The molecule has 5 rings (SSSR count). The molecule has 1 aliphatic rings. The Morgan fingerprint density at radius 1 is 0.953 bits per heavy atom. The number of benzene rings is 1. The third-order valence-corrected chi connectivity index (χ3v) is 6.64. The topological polar surface area (TPSA) is 124 Å². The first-order valence-electron chi connectivity index (χ1n) is 13.4. The monoisotopic (exact) mass is 590 g/mol. The highest BCUT2D eigenvalue weighted by atomic mass is 19.4. The lowest BCUT2D eigenvalue weighted by atomic mass is 10.2. The van der Waals surface area contributed by atoms with Crippen LogP contribution in [0.2, 0.25) is 0 Å². The number of rotatable bonds is 9. The number of carbonyl (C=O) groups excluding carboxylic acids is 1. The number of piperazine rings is 1. The van der Waals surface area contributed by atoms with Gasteiger partial charge in [-0.25, -0.2) is 19.9 Å². The quantitative estimate of drug-likeness (QED) is 0.240. The average molecular weight is 591 g/mol. The van der Waals surface area contributed by atoms with Crippen molar-refractivity contribution in [2.24, 2.45) is 0 Å². The van der Waals surface area contributed by atoms with Gasteiger partial charge in [0.2, 0.25) is 5.95 Å². The molecular formula is C29H29F3N10O. The molecule has 0 spiro atoms. The molecule has 0 saturated carbocycles. The molecule has 0 aliphatic carbocycles. The zero-order valence-corrected chi connectivity index (χ0v) is 23.3. The number of hydrogen-bond acceptors (Lipinski definition) is 10. The molecule has 0 radical (unpaired) electrons. The van der Waals surface area contributed by atoms with Crippen LogP contribution in [0.3, 0.4) is 0 Å². The summed E-state index contributed by atoms with van der Waals surface area (Å²) in [5, 5.41) is 8.89. The molecule has 1 aliphatic heterocycles. The minimum atomic E-state index is -4.55. The number of nitrogens with one attached hydrogen (secondary N) is 3. The Morgan fingerprint density at radius 3 is 2.35 bits per heavy atom. The summed E-state index contributed by atoms with van der Waals surface area (Å²) in [6.07, 6.45) is -0.220. The number of nitrogens with zero attached hydrogens (tertiary/aromatic N) is 7. The molecule has 3 N–H and O–H groups in total. The summed E-state index contributed by atoms with van der Waals surface area (Å²) in [5.74, 6) is 0.224. The third-order valence-electron chi connectivity index (χ3n) is 6.64. The minimum Gasteiger partial charge on any atom is -0.369 e. The predicted molar refractivity (Wildman–Crippen MR) is 158 cm³/mol. The van der Waals surface area contributed by atoms with Gasteiger partial charge < -0.3 is 25.8 Å². The van der Waals surface area contributed by atoms with Gasteiger partial charge in [-0.05, 0) is 43.4 Å². The number of aromatic nitrogens is 5. The normalized spacial score (nSPS) is 13.8. The van der Waals surface area contributed by atoms with Crippen LogP contribution in [0, 0.1) is 0 Å². The Bertz CT molecular complexity index is 1570. The number of pyridine rings is 1. The maximum absolute atomic E-state index is 12.9. The van der Waals surface area contributed by atoms with E-state index in [0.717, 1.165) is 37.6 Å².